The maximum Gasteiger partial charge on any atom is 0.144 e. The summed E-state index contributed by atoms with van der Waals surface area (Å²) in [5.41, 5.74) is 0. The molecule has 0 aromatic carbocycles. The van der Waals surface area contributed by atoms with E-state index in [0.29, 0.717) is 9.90 Å². The van der Waals surface area contributed by atoms with Crippen LogP contribution in [0.3, 0.4) is 0 Å². The van der Waals surface area contributed by atoms with Crippen LogP contribution in [0.1, 0.15) is 144 Å². The Hall–Kier alpha value is 0.880. The van der Waals surface area contributed by atoms with Gasteiger partial charge in [-0.05, 0) is 83.2 Å². The highest BCUT2D eigenvalue weighted by molar-refractivity contribution is 9.09. The highest BCUT2D eigenvalue weighted by atomic mass is 79.9. The van der Waals surface area contributed by atoms with Gasteiger partial charge in [-0.25, -0.2) is 0 Å². The molecule has 0 saturated carbocycles. The summed E-state index contributed by atoms with van der Waals surface area (Å²) in [6, 6.07) is 0. The fourth-order valence-electron chi connectivity index (χ4n) is 5.52. The standard InChI is InChI=1S/C30H64Br2N2/c1-7-13-23-33(24-14-8-2,25-15-9-3)29(31)21-19-20-22-30(32)34(26-16-10-4,27-17-11-5)28-18-12-6/h29-30H,7-28H2,1-6H3/q+2. The third kappa shape index (κ3) is 13.4. The minimum absolute atomic E-state index is 0.630. The zero-order valence-corrected chi connectivity index (χ0v) is 27.5. The molecule has 0 aliphatic rings. The summed E-state index contributed by atoms with van der Waals surface area (Å²) >= 11 is 8.52. The van der Waals surface area contributed by atoms with Crippen LogP contribution in [0.15, 0.2) is 0 Å². The van der Waals surface area contributed by atoms with Gasteiger partial charge < -0.3 is 8.97 Å². The Bertz CT molecular complexity index is 360. The van der Waals surface area contributed by atoms with Crippen LogP contribution in [0.2, 0.25) is 0 Å². The minimum atomic E-state index is 0.630. The van der Waals surface area contributed by atoms with E-state index in [4.69, 9.17) is 0 Å². The molecule has 0 heterocycles. The number of hydrogen-bond donors (Lipinski definition) is 0. The molecule has 0 rings (SSSR count). The molecule has 0 radical (unpaired) electrons. The Morgan fingerprint density at radius 2 is 0.588 bits per heavy atom. The number of halogens is 2. The maximum atomic E-state index is 4.26. The van der Waals surface area contributed by atoms with Gasteiger partial charge in [0.1, 0.15) is 9.90 Å². The highest BCUT2D eigenvalue weighted by Gasteiger charge is 2.35. The summed E-state index contributed by atoms with van der Waals surface area (Å²) in [6.07, 6.45) is 21.5. The number of unbranched alkanes of at least 4 members (excludes halogenated alkanes) is 7. The van der Waals surface area contributed by atoms with Crippen molar-refractivity contribution in [2.45, 2.75) is 154 Å². The van der Waals surface area contributed by atoms with Gasteiger partial charge in [0.15, 0.2) is 0 Å². The predicted molar refractivity (Wildman–Crippen MR) is 163 cm³/mol. The summed E-state index contributed by atoms with van der Waals surface area (Å²) < 4.78 is 2.63. The van der Waals surface area contributed by atoms with Crippen molar-refractivity contribution in [3.05, 3.63) is 0 Å². The second-order valence-electron chi connectivity index (χ2n) is 11.1. The Labute approximate surface area is 233 Å². The summed E-state index contributed by atoms with van der Waals surface area (Å²) in [7, 11) is 0. The number of hydrogen-bond acceptors (Lipinski definition) is 0. The van der Waals surface area contributed by atoms with Crippen LogP contribution in [0.4, 0.5) is 0 Å². The van der Waals surface area contributed by atoms with Gasteiger partial charge in [0.05, 0.1) is 39.3 Å². The van der Waals surface area contributed by atoms with Gasteiger partial charge in [-0.1, -0.05) is 80.1 Å². The van der Waals surface area contributed by atoms with E-state index in [1.165, 1.54) is 151 Å². The zero-order chi connectivity index (χ0) is 25.7. The quantitative estimate of drug-likeness (QED) is 0.0417. The topological polar surface area (TPSA) is 0 Å². The molecule has 34 heavy (non-hydrogen) atoms. The lowest BCUT2D eigenvalue weighted by Crippen LogP contribution is -2.55. The molecule has 0 bridgehead atoms. The second kappa shape index (κ2) is 21.9. The van der Waals surface area contributed by atoms with E-state index >= 15 is 0 Å². The summed E-state index contributed by atoms with van der Waals surface area (Å²) in [5, 5.41) is 0. The molecule has 0 amide bonds. The molecule has 2 nitrogen and oxygen atoms in total. The lowest BCUT2D eigenvalue weighted by atomic mass is 10.1. The minimum Gasteiger partial charge on any atom is -0.312 e. The molecule has 206 valence electrons. The van der Waals surface area contributed by atoms with E-state index in [-0.39, 0.29) is 0 Å². The Kier molecular flexibility index (Phi) is 22.5. The fourth-order valence-corrected chi connectivity index (χ4v) is 7.40. The second-order valence-corrected chi connectivity index (χ2v) is 13.2. The van der Waals surface area contributed by atoms with Gasteiger partial charge in [0.25, 0.3) is 0 Å². The lowest BCUT2D eigenvalue weighted by molar-refractivity contribution is -0.937. The van der Waals surface area contributed by atoms with Crippen LogP contribution in [-0.4, -0.2) is 58.1 Å². The average molecular weight is 613 g/mol. The van der Waals surface area contributed by atoms with Crippen LogP contribution in [-0.2, 0) is 0 Å². The van der Waals surface area contributed by atoms with Crippen molar-refractivity contribution < 1.29 is 8.97 Å². The van der Waals surface area contributed by atoms with Crippen molar-refractivity contribution in [2.75, 3.05) is 39.3 Å². The monoisotopic (exact) mass is 610 g/mol. The Morgan fingerprint density at radius 1 is 0.382 bits per heavy atom. The van der Waals surface area contributed by atoms with Gasteiger partial charge in [0.2, 0.25) is 0 Å². The highest BCUT2D eigenvalue weighted by Crippen LogP contribution is 2.31. The third-order valence-electron chi connectivity index (χ3n) is 8.07. The molecule has 0 saturated heterocycles. The molecule has 0 aromatic rings. The molecular formula is C30H64Br2N2+2. The first-order valence-corrected chi connectivity index (χ1v) is 17.2. The van der Waals surface area contributed by atoms with E-state index in [9.17, 15) is 0 Å². The lowest BCUT2D eigenvalue weighted by Gasteiger charge is -2.44. The summed E-state index contributed by atoms with van der Waals surface area (Å²) in [5.74, 6) is 0. The number of nitrogens with zero attached hydrogens (tertiary/aromatic N) is 2. The molecule has 2 unspecified atom stereocenters. The number of rotatable bonds is 25. The first-order valence-electron chi connectivity index (χ1n) is 15.4. The molecule has 0 fully saturated rings. The van der Waals surface area contributed by atoms with Crippen molar-refractivity contribution in [1.82, 2.24) is 0 Å². The number of quaternary nitrogens is 2. The van der Waals surface area contributed by atoms with E-state index in [1.54, 1.807) is 0 Å². The molecule has 2 atom stereocenters. The first-order chi connectivity index (χ1) is 16.4. The molecule has 4 heteroatoms. The smallest absolute Gasteiger partial charge is 0.144 e. The van der Waals surface area contributed by atoms with E-state index < -0.39 is 0 Å². The van der Waals surface area contributed by atoms with Gasteiger partial charge in [0, 0.05) is 12.8 Å². The first kappa shape index (κ1) is 34.9. The van der Waals surface area contributed by atoms with Crippen molar-refractivity contribution in [2.24, 2.45) is 0 Å². The van der Waals surface area contributed by atoms with E-state index in [1.807, 2.05) is 0 Å². The SMILES string of the molecule is CCCC[N+](CCCC)(CCCC)C(Br)CCCCC(Br)[N+](CCCC)(CCCC)CCCC. The van der Waals surface area contributed by atoms with Crippen LogP contribution in [0.5, 0.6) is 0 Å². The Balaban J connectivity index is 5.12. The normalized spacial score (nSPS) is 14.5. The average Bonchev–Trinajstić information content (AvgIpc) is 2.85. The van der Waals surface area contributed by atoms with Gasteiger partial charge >= 0.3 is 0 Å². The molecule has 0 aromatic heterocycles. The Morgan fingerprint density at radius 3 is 0.765 bits per heavy atom. The van der Waals surface area contributed by atoms with Crippen LogP contribution < -0.4 is 0 Å². The fraction of sp³-hybridized carbons (Fsp3) is 1.00. The third-order valence-corrected chi connectivity index (χ3v) is 10.7. The molecule has 0 aliphatic heterocycles. The van der Waals surface area contributed by atoms with E-state index in [0.717, 1.165) is 0 Å². The maximum absolute atomic E-state index is 4.26. The molecule has 0 N–H and O–H groups in total. The van der Waals surface area contributed by atoms with Crippen LogP contribution in [0.25, 0.3) is 0 Å². The molecule has 0 spiro atoms. The molecular weight excluding hydrogens is 548 g/mol. The summed E-state index contributed by atoms with van der Waals surface area (Å²) in [4.78, 5) is 1.26. The molecule has 0 aliphatic carbocycles. The largest absolute Gasteiger partial charge is 0.312 e. The number of alkyl halides is 2. The van der Waals surface area contributed by atoms with Crippen LogP contribution in [0, 0.1) is 0 Å². The van der Waals surface area contributed by atoms with Gasteiger partial charge in [-0.15, -0.1) is 0 Å². The van der Waals surface area contributed by atoms with Crippen molar-refractivity contribution in [3.63, 3.8) is 0 Å². The van der Waals surface area contributed by atoms with Crippen LogP contribution >= 0.6 is 31.9 Å². The zero-order valence-electron chi connectivity index (χ0n) is 24.4. The van der Waals surface area contributed by atoms with Crippen molar-refractivity contribution in [1.29, 1.82) is 0 Å². The van der Waals surface area contributed by atoms with Crippen molar-refractivity contribution in [3.8, 4) is 0 Å². The van der Waals surface area contributed by atoms with Crippen molar-refractivity contribution >= 4 is 31.9 Å². The van der Waals surface area contributed by atoms with Gasteiger partial charge in [-0.2, -0.15) is 0 Å². The van der Waals surface area contributed by atoms with E-state index in [2.05, 4.69) is 73.4 Å². The van der Waals surface area contributed by atoms with Gasteiger partial charge in [-0.3, -0.25) is 0 Å². The predicted octanol–water partition coefficient (Wildman–Crippen LogP) is 10.4. The summed E-state index contributed by atoms with van der Waals surface area (Å²) in [6.45, 7) is 22.3.